The van der Waals surface area contributed by atoms with Crippen LogP contribution in [0, 0.1) is 0 Å². The zero-order chi connectivity index (χ0) is 8.43. The van der Waals surface area contributed by atoms with Gasteiger partial charge in [0.15, 0.2) is 0 Å². The largest absolute Gasteiger partial charge is 0.392 e. The lowest BCUT2D eigenvalue weighted by Gasteiger charge is -2.15. The molecule has 1 rings (SSSR count). The average molecular weight is 157 g/mol. The molecule has 1 aliphatic heterocycles. The molecular formula is C8H15NO2. The molecule has 1 heterocycles. The lowest BCUT2D eigenvalue weighted by Crippen LogP contribution is -2.32. The van der Waals surface area contributed by atoms with Crippen LogP contribution in [0.1, 0.15) is 19.8 Å². The van der Waals surface area contributed by atoms with Gasteiger partial charge in [0.05, 0.1) is 12.1 Å². The van der Waals surface area contributed by atoms with Crippen molar-refractivity contribution in [2.75, 3.05) is 13.6 Å². The third-order valence-corrected chi connectivity index (χ3v) is 2.25. The molecule has 0 aromatic heterocycles. The Morgan fingerprint density at radius 1 is 1.73 bits per heavy atom. The quantitative estimate of drug-likeness (QED) is 0.615. The predicted octanol–water partition coefficient (Wildman–Crippen LogP) is 0.0305. The van der Waals surface area contributed by atoms with E-state index in [1.807, 2.05) is 18.9 Å². The Morgan fingerprint density at radius 3 is 2.73 bits per heavy atom. The molecule has 1 unspecified atom stereocenters. The summed E-state index contributed by atoms with van der Waals surface area (Å²) >= 11 is 0. The number of aliphatic hydroxyl groups is 1. The highest BCUT2D eigenvalue weighted by molar-refractivity contribution is 5.84. The fraction of sp³-hybridized carbons (Fsp3) is 0.875. The van der Waals surface area contributed by atoms with Crippen LogP contribution in [-0.2, 0) is 4.79 Å². The lowest BCUT2D eigenvalue weighted by atomic mass is 10.1. The monoisotopic (exact) mass is 157 g/mol. The molecule has 0 radical (unpaired) electrons. The van der Waals surface area contributed by atoms with Crippen LogP contribution in [0.2, 0.25) is 0 Å². The van der Waals surface area contributed by atoms with Crippen LogP contribution in [0.4, 0.5) is 0 Å². The normalized spacial score (nSPS) is 32.6. The molecule has 1 aliphatic rings. The van der Waals surface area contributed by atoms with Gasteiger partial charge in [-0.25, -0.2) is 0 Å². The van der Waals surface area contributed by atoms with Gasteiger partial charge in [-0.15, -0.1) is 0 Å². The van der Waals surface area contributed by atoms with Crippen molar-refractivity contribution in [2.24, 2.45) is 0 Å². The second-order valence-corrected chi connectivity index (χ2v) is 3.16. The summed E-state index contributed by atoms with van der Waals surface area (Å²) in [7, 11) is 1.88. The Hall–Kier alpha value is -0.410. The highest BCUT2D eigenvalue weighted by Crippen LogP contribution is 2.17. The van der Waals surface area contributed by atoms with Crippen molar-refractivity contribution < 1.29 is 9.90 Å². The van der Waals surface area contributed by atoms with Crippen molar-refractivity contribution in [3.63, 3.8) is 0 Å². The standard InChI is InChI=1S/C8H15NO2/c1-3-8(11)7-4-6(10)5-9(7)2/h6-7,10H,3-5H2,1-2H3/t6?,7-/m0/s1. The zero-order valence-corrected chi connectivity index (χ0v) is 7.08. The summed E-state index contributed by atoms with van der Waals surface area (Å²) in [6.45, 7) is 2.50. The number of hydrogen-bond donors (Lipinski definition) is 1. The van der Waals surface area contributed by atoms with Crippen molar-refractivity contribution >= 4 is 5.78 Å². The minimum atomic E-state index is -0.305. The summed E-state index contributed by atoms with van der Waals surface area (Å²) in [6, 6.07) is -0.0324. The van der Waals surface area contributed by atoms with Crippen LogP contribution >= 0.6 is 0 Å². The maximum absolute atomic E-state index is 11.2. The summed E-state index contributed by atoms with van der Waals surface area (Å²) in [6.07, 6.45) is 0.880. The molecule has 1 fully saturated rings. The molecule has 64 valence electrons. The molecule has 2 atom stereocenters. The molecule has 0 aliphatic carbocycles. The molecule has 0 aromatic carbocycles. The first-order valence-corrected chi connectivity index (χ1v) is 4.06. The van der Waals surface area contributed by atoms with E-state index in [-0.39, 0.29) is 17.9 Å². The van der Waals surface area contributed by atoms with Gasteiger partial charge < -0.3 is 5.11 Å². The number of carbonyl (C=O) groups is 1. The molecule has 0 amide bonds. The van der Waals surface area contributed by atoms with Crippen LogP contribution in [0.5, 0.6) is 0 Å². The molecule has 0 aromatic rings. The Balaban J connectivity index is 2.52. The first kappa shape index (κ1) is 8.68. The smallest absolute Gasteiger partial charge is 0.149 e. The number of rotatable bonds is 2. The molecule has 0 bridgehead atoms. The first-order chi connectivity index (χ1) is 5.15. The fourth-order valence-electron chi connectivity index (χ4n) is 1.58. The summed E-state index contributed by atoms with van der Waals surface area (Å²) in [5.41, 5.74) is 0. The van der Waals surface area contributed by atoms with Crippen molar-refractivity contribution in [2.45, 2.75) is 31.9 Å². The van der Waals surface area contributed by atoms with Crippen LogP contribution in [0.15, 0.2) is 0 Å². The van der Waals surface area contributed by atoms with Gasteiger partial charge in [0, 0.05) is 13.0 Å². The van der Waals surface area contributed by atoms with Crippen LogP contribution < -0.4 is 0 Å². The number of likely N-dealkylation sites (tertiary alicyclic amines) is 1. The average Bonchev–Trinajstić information content (AvgIpc) is 2.28. The van der Waals surface area contributed by atoms with E-state index >= 15 is 0 Å². The number of likely N-dealkylation sites (N-methyl/N-ethyl adjacent to an activating group) is 1. The Labute approximate surface area is 67.0 Å². The van der Waals surface area contributed by atoms with Crippen molar-refractivity contribution in [1.82, 2.24) is 4.90 Å². The number of hydrogen-bond acceptors (Lipinski definition) is 3. The number of Topliss-reactive ketones (excluding diaryl/α,β-unsaturated/α-hetero) is 1. The van der Waals surface area contributed by atoms with Gasteiger partial charge in [-0.3, -0.25) is 9.69 Å². The van der Waals surface area contributed by atoms with Crippen molar-refractivity contribution in [1.29, 1.82) is 0 Å². The third-order valence-electron chi connectivity index (χ3n) is 2.25. The van der Waals surface area contributed by atoms with E-state index in [0.717, 1.165) is 0 Å². The van der Waals surface area contributed by atoms with E-state index in [1.165, 1.54) is 0 Å². The van der Waals surface area contributed by atoms with Gasteiger partial charge in [0.2, 0.25) is 0 Å². The maximum Gasteiger partial charge on any atom is 0.149 e. The van der Waals surface area contributed by atoms with Gasteiger partial charge >= 0.3 is 0 Å². The van der Waals surface area contributed by atoms with E-state index in [9.17, 15) is 9.90 Å². The van der Waals surface area contributed by atoms with Gasteiger partial charge in [-0.1, -0.05) is 6.92 Å². The fourth-order valence-corrected chi connectivity index (χ4v) is 1.58. The third kappa shape index (κ3) is 1.79. The number of β-amino-alcohol motifs (C(OH)–C–C–N with tert-alkyl or cyclic N) is 1. The summed E-state index contributed by atoms with van der Waals surface area (Å²) in [4.78, 5) is 13.1. The highest BCUT2D eigenvalue weighted by Gasteiger charge is 2.31. The van der Waals surface area contributed by atoms with Gasteiger partial charge in [0.1, 0.15) is 5.78 Å². The van der Waals surface area contributed by atoms with Gasteiger partial charge in [-0.05, 0) is 13.5 Å². The van der Waals surface area contributed by atoms with Gasteiger partial charge in [0.25, 0.3) is 0 Å². The SMILES string of the molecule is CCC(=O)[C@@H]1CC(O)CN1C. The Morgan fingerprint density at radius 2 is 2.36 bits per heavy atom. The number of nitrogens with zero attached hydrogens (tertiary/aromatic N) is 1. The molecule has 3 heteroatoms. The minimum absolute atomic E-state index is 0.0324. The van der Waals surface area contributed by atoms with Crippen LogP contribution in [0.25, 0.3) is 0 Å². The van der Waals surface area contributed by atoms with Crippen LogP contribution in [-0.4, -0.2) is 41.5 Å². The Bertz CT molecular complexity index is 158. The lowest BCUT2D eigenvalue weighted by molar-refractivity contribution is -0.122. The topological polar surface area (TPSA) is 40.5 Å². The summed E-state index contributed by atoms with van der Waals surface area (Å²) < 4.78 is 0. The van der Waals surface area contributed by atoms with Gasteiger partial charge in [-0.2, -0.15) is 0 Å². The number of aliphatic hydroxyl groups excluding tert-OH is 1. The summed E-state index contributed by atoms with van der Waals surface area (Å²) in [5.74, 6) is 0.240. The second-order valence-electron chi connectivity index (χ2n) is 3.16. The predicted molar refractivity (Wildman–Crippen MR) is 42.3 cm³/mol. The second kappa shape index (κ2) is 3.32. The zero-order valence-electron chi connectivity index (χ0n) is 7.08. The maximum atomic E-state index is 11.2. The molecular weight excluding hydrogens is 142 g/mol. The molecule has 0 spiro atoms. The first-order valence-electron chi connectivity index (χ1n) is 4.06. The molecule has 0 saturated carbocycles. The van der Waals surface area contributed by atoms with E-state index < -0.39 is 0 Å². The van der Waals surface area contributed by atoms with Crippen LogP contribution in [0.3, 0.4) is 0 Å². The molecule has 1 saturated heterocycles. The number of carbonyl (C=O) groups excluding carboxylic acids is 1. The van der Waals surface area contributed by atoms with Crippen molar-refractivity contribution in [3.8, 4) is 0 Å². The molecule has 11 heavy (non-hydrogen) atoms. The Kier molecular flexibility index (Phi) is 2.62. The van der Waals surface area contributed by atoms with E-state index in [2.05, 4.69) is 0 Å². The van der Waals surface area contributed by atoms with E-state index in [1.54, 1.807) is 0 Å². The van der Waals surface area contributed by atoms with E-state index in [0.29, 0.717) is 19.4 Å². The minimum Gasteiger partial charge on any atom is -0.392 e. The summed E-state index contributed by atoms with van der Waals surface area (Å²) in [5, 5.41) is 9.22. The molecule has 1 N–H and O–H groups in total. The highest BCUT2D eigenvalue weighted by atomic mass is 16.3. The number of ketones is 1. The molecule has 3 nitrogen and oxygen atoms in total. The van der Waals surface area contributed by atoms with E-state index in [4.69, 9.17) is 0 Å². The van der Waals surface area contributed by atoms with Crippen molar-refractivity contribution in [3.05, 3.63) is 0 Å².